The lowest BCUT2D eigenvalue weighted by atomic mass is 9.72. The number of ketones is 1. The van der Waals surface area contributed by atoms with E-state index in [0.717, 1.165) is 44.3 Å². The van der Waals surface area contributed by atoms with E-state index in [2.05, 4.69) is 12.1 Å². The minimum Gasteiger partial charge on any atom is -0.496 e. The Morgan fingerprint density at radius 1 is 1.18 bits per heavy atom. The molecule has 3 rings (SSSR count). The Kier molecular flexibility index (Phi) is 2.46. The molecule has 0 bridgehead atoms. The third-order valence-electron chi connectivity index (χ3n) is 4.44. The molecule has 2 aliphatic carbocycles. The zero-order valence-corrected chi connectivity index (χ0v) is 10.3. The highest BCUT2D eigenvalue weighted by atomic mass is 16.5. The summed E-state index contributed by atoms with van der Waals surface area (Å²) in [5.41, 5.74) is 3.16. The van der Waals surface area contributed by atoms with Gasteiger partial charge in [0.15, 0.2) is 0 Å². The van der Waals surface area contributed by atoms with Gasteiger partial charge in [-0.05, 0) is 48.3 Å². The lowest BCUT2D eigenvalue weighted by Crippen LogP contribution is -2.28. The van der Waals surface area contributed by atoms with E-state index in [0.29, 0.717) is 11.2 Å². The van der Waals surface area contributed by atoms with E-state index in [1.807, 2.05) is 6.07 Å². The molecule has 17 heavy (non-hydrogen) atoms. The van der Waals surface area contributed by atoms with Crippen LogP contribution in [-0.2, 0) is 17.6 Å². The van der Waals surface area contributed by atoms with Crippen LogP contribution in [-0.4, -0.2) is 12.9 Å². The number of carbonyl (C=O) groups is 1. The monoisotopic (exact) mass is 230 g/mol. The molecule has 0 amide bonds. The molecule has 0 N–H and O–H groups in total. The summed E-state index contributed by atoms with van der Waals surface area (Å²) in [5, 5.41) is 0. The number of ether oxygens (including phenoxy) is 1. The van der Waals surface area contributed by atoms with E-state index in [-0.39, 0.29) is 0 Å². The number of methoxy groups -OCH3 is 1. The standard InChI is InChI=1S/C15H18O2/c1-17-14-4-2-3-11-9-15(10-13(11)14)7-5-12(16)6-8-15/h2-4H,5-10H2,1H3. The molecule has 0 heterocycles. The average molecular weight is 230 g/mol. The number of hydrogen-bond donors (Lipinski definition) is 0. The van der Waals surface area contributed by atoms with Crippen molar-refractivity contribution in [2.24, 2.45) is 5.41 Å². The van der Waals surface area contributed by atoms with E-state index >= 15 is 0 Å². The Morgan fingerprint density at radius 2 is 1.94 bits per heavy atom. The summed E-state index contributed by atoms with van der Waals surface area (Å²) in [5.74, 6) is 1.47. The van der Waals surface area contributed by atoms with Crippen molar-refractivity contribution >= 4 is 5.78 Å². The van der Waals surface area contributed by atoms with Gasteiger partial charge in [-0.2, -0.15) is 0 Å². The molecular weight excluding hydrogens is 212 g/mol. The fraction of sp³-hybridized carbons (Fsp3) is 0.533. The minimum absolute atomic E-state index is 0.352. The summed E-state index contributed by atoms with van der Waals surface area (Å²) >= 11 is 0. The number of carbonyl (C=O) groups excluding carboxylic acids is 1. The van der Waals surface area contributed by atoms with E-state index in [1.165, 1.54) is 11.1 Å². The molecule has 1 aromatic rings. The maximum absolute atomic E-state index is 11.4. The second kappa shape index (κ2) is 3.86. The lowest BCUT2D eigenvalue weighted by molar-refractivity contribution is -0.122. The number of fused-ring (bicyclic) bond motifs is 1. The summed E-state index contributed by atoms with van der Waals surface area (Å²) in [6.45, 7) is 0. The topological polar surface area (TPSA) is 26.3 Å². The summed E-state index contributed by atoms with van der Waals surface area (Å²) < 4.78 is 5.45. The maximum Gasteiger partial charge on any atom is 0.132 e. The Hall–Kier alpha value is -1.31. The Labute approximate surface area is 102 Å². The van der Waals surface area contributed by atoms with E-state index in [1.54, 1.807) is 7.11 Å². The van der Waals surface area contributed by atoms with Crippen molar-refractivity contribution in [1.29, 1.82) is 0 Å². The van der Waals surface area contributed by atoms with Gasteiger partial charge in [-0.3, -0.25) is 4.79 Å². The first-order valence-electron chi connectivity index (χ1n) is 6.39. The number of benzene rings is 1. The van der Waals surface area contributed by atoms with Crippen LogP contribution in [0.3, 0.4) is 0 Å². The van der Waals surface area contributed by atoms with Crippen LogP contribution in [0.5, 0.6) is 5.75 Å². The quantitative estimate of drug-likeness (QED) is 0.741. The zero-order chi connectivity index (χ0) is 11.9. The summed E-state index contributed by atoms with van der Waals surface area (Å²) in [6.07, 6.45) is 5.90. The minimum atomic E-state index is 0.352. The molecule has 0 aliphatic heterocycles. The maximum atomic E-state index is 11.4. The van der Waals surface area contributed by atoms with Gasteiger partial charge < -0.3 is 4.74 Å². The van der Waals surface area contributed by atoms with Crippen molar-refractivity contribution < 1.29 is 9.53 Å². The van der Waals surface area contributed by atoms with Crippen molar-refractivity contribution in [1.82, 2.24) is 0 Å². The Balaban J connectivity index is 1.89. The predicted molar refractivity (Wildman–Crippen MR) is 66.3 cm³/mol. The number of rotatable bonds is 1. The van der Waals surface area contributed by atoms with E-state index in [4.69, 9.17) is 4.74 Å². The number of hydrogen-bond acceptors (Lipinski definition) is 2. The van der Waals surface area contributed by atoms with Crippen molar-refractivity contribution in [2.75, 3.05) is 7.11 Å². The molecular formula is C15H18O2. The third-order valence-corrected chi connectivity index (χ3v) is 4.44. The van der Waals surface area contributed by atoms with Gasteiger partial charge in [-0.25, -0.2) is 0 Å². The van der Waals surface area contributed by atoms with Gasteiger partial charge >= 0.3 is 0 Å². The zero-order valence-electron chi connectivity index (χ0n) is 10.3. The highest BCUT2D eigenvalue weighted by Gasteiger charge is 2.40. The molecule has 90 valence electrons. The molecule has 0 radical (unpaired) electrons. The molecule has 1 aromatic carbocycles. The molecule has 1 spiro atoms. The van der Waals surface area contributed by atoms with E-state index in [9.17, 15) is 4.79 Å². The highest BCUT2D eigenvalue weighted by Crippen LogP contribution is 2.48. The third kappa shape index (κ3) is 1.76. The second-order valence-corrected chi connectivity index (χ2v) is 5.49. The van der Waals surface area contributed by atoms with Gasteiger partial charge in [0, 0.05) is 12.8 Å². The van der Waals surface area contributed by atoms with E-state index < -0.39 is 0 Å². The molecule has 0 atom stereocenters. The first kappa shape index (κ1) is 10.8. The van der Waals surface area contributed by atoms with Gasteiger partial charge in [0.2, 0.25) is 0 Å². The highest BCUT2D eigenvalue weighted by molar-refractivity contribution is 5.79. The summed E-state index contributed by atoms with van der Waals surface area (Å²) in [7, 11) is 1.74. The van der Waals surface area contributed by atoms with Crippen LogP contribution in [0.1, 0.15) is 36.8 Å². The van der Waals surface area contributed by atoms with Crippen LogP contribution in [0, 0.1) is 5.41 Å². The molecule has 2 heteroatoms. The SMILES string of the molecule is COc1cccc2c1CC1(CCC(=O)CC1)C2. The van der Waals surface area contributed by atoms with Crippen molar-refractivity contribution in [3.05, 3.63) is 29.3 Å². The first-order valence-corrected chi connectivity index (χ1v) is 6.39. The predicted octanol–water partition coefficient (Wildman–Crippen LogP) is 2.92. The molecule has 0 unspecified atom stereocenters. The normalized spacial score (nSPS) is 21.6. The van der Waals surface area contributed by atoms with Crippen LogP contribution in [0.4, 0.5) is 0 Å². The smallest absolute Gasteiger partial charge is 0.132 e. The van der Waals surface area contributed by atoms with Crippen LogP contribution < -0.4 is 4.74 Å². The molecule has 0 saturated heterocycles. The van der Waals surface area contributed by atoms with Crippen LogP contribution in [0.2, 0.25) is 0 Å². The van der Waals surface area contributed by atoms with Crippen LogP contribution in [0.25, 0.3) is 0 Å². The fourth-order valence-corrected chi connectivity index (χ4v) is 3.42. The fourth-order valence-electron chi connectivity index (χ4n) is 3.42. The summed E-state index contributed by atoms with van der Waals surface area (Å²) in [6, 6.07) is 6.33. The molecule has 2 aliphatic rings. The summed E-state index contributed by atoms with van der Waals surface area (Å²) in [4.78, 5) is 11.4. The Bertz CT molecular complexity index is 452. The molecule has 1 fully saturated rings. The largest absolute Gasteiger partial charge is 0.496 e. The van der Waals surface area contributed by atoms with Crippen molar-refractivity contribution in [3.63, 3.8) is 0 Å². The Morgan fingerprint density at radius 3 is 2.65 bits per heavy atom. The van der Waals surface area contributed by atoms with Crippen LogP contribution in [0.15, 0.2) is 18.2 Å². The van der Waals surface area contributed by atoms with Gasteiger partial charge in [-0.15, -0.1) is 0 Å². The molecule has 2 nitrogen and oxygen atoms in total. The van der Waals surface area contributed by atoms with Crippen LogP contribution >= 0.6 is 0 Å². The van der Waals surface area contributed by atoms with Gasteiger partial charge in [0.1, 0.15) is 11.5 Å². The van der Waals surface area contributed by atoms with Gasteiger partial charge in [0.25, 0.3) is 0 Å². The van der Waals surface area contributed by atoms with Crippen molar-refractivity contribution in [2.45, 2.75) is 38.5 Å². The molecule has 1 saturated carbocycles. The number of Topliss-reactive ketones (excluding diaryl/α,β-unsaturated/α-hetero) is 1. The van der Waals surface area contributed by atoms with Gasteiger partial charge in [0.05, 0.1) is 7.11 Å². The molecule has 0 aromatic heterocycles. The average Bonchev–Trinajstić information content (AvgIpc) is 2.71. The second-order valence-electron chi connectivity index (χ2n) is 5.49. The van der Waals surface area contributed by atoms with Crippen molar-refractivity contribution in [3.8, 4) is 5.75 Å². The lowest BCUT2D eigenvalue weighted by Gasteiger charge is -2.32. The van der Waals surface area contributed by atoms with Gasteiger partial charge in [-0.1, -0.05) is 12.1 Å². The first-order chi connectivity index (χ1) is 8.22.